The van der Waals surface area contributed by atoms with Crippen LogP contribution in [-0.4, -0.2) is 15.5 Å². The molecule has 0 spiro atoms. The number of nitrogens with zero attached hydrogens (tertiary/aromatic N) is 2. The summed E-state index contributed by atoms with van der Waals surface area (Å²) in [5.74, 6) is 0.417. The van der Waals surface area contributed by atoms with E-state index < -0.39 is 0 Å². The molecular formula is C15H10Cl2N2O. The Hall–Kier alpha value is -1.84. The largest absolute Gasteiger partial charge is 0.268 e. The van der Waals surface area contributed by atoms with Crippen molar-refractivity contribution in [2.45, 2.75) is 6.92 Å². The lowest BCUT2D eigenvalue weighted by Crippen LogP contribution is -2.14. The van der Waals surface area contributed by atoms with Gasteiger partial charge in [-0.15, -0.1) is 0 Å². The second-order valence-electron chi connectivity index (χ2n) is 4.41. The first-order chi connectivity index (χ1) is 9.58. The predicted octanol–water partition coefficient (Wildman–Crippen LogP) is 4.34. The molecule has 3 nitrogen and oxygen atoms in total. The van der Waals surface area contributed by atoms with E-state index in [9.17, 15) is 4.79 Å². The smallest absolute Gasteiger partial charge is 0.265 e. The highest BCUT2D eigenvalue weighted by Crippen LogP contribution is 2.24. The van der Waals surface area contributed by atoms with Gasteiger partial charge in [0.1, 0.15) is 5.82 Å². The number of carbonyl (C=O) groups excluding carboxylic acids is 1. The Morgan fingerprint density at radius 3 is 2.65 bits per heavy atom. The van der Waals surface area contributed by atoms with Crippen LogP contribution in [0.5, 0.6) is 0 Å². The van der Waals surface area contributed by atoms with Crippen molar-refractivity contribution in [1.82, 2.24) is 9.55 Å². The van der Waals surface area contributed by atoms with Crippen molar-refractivity contribution in [3.63, 3.8) is 0 Å². The summed E-state index contributed by atoms with van der Waals surface area (Å²) in [7, 11) is 0. The van der Waals surface area contributed by atoms with Gasteiger partial charge in [0.2, 0.25) is 0 Å². The summed E-state index contributed by atoms with van der Waals surface area (Å²) in [6, 6.07) is 12.3. The monoisotopic (exact) mass is 304 g/mol. The number of halogens is 2. The Morgan fingerprint density at radius 2 is 1.90 bits per heavy atom. The Morgan fingerprint density at radius 1 is 1.15 bits per heavy atom. The van der Waals surface area contributed by atoms with Gasteiger partial charge in [-0.25, -0.2) is 4.98 Å². The maximum atomic E-state index is 12.7. The minimum atomic E-state index is -0.210. The maximum Gasteiger partial charge on any atom is 0.265 e. The molecule has 0 bridgehead atoms. The van der Waals surface area contributed by atoms with Crippen LogP contribution in [0.4, 0.5) is 0 Å². The van der Waals surface area contributed by atoms with E-state index in [1.54, 1.807) is 29.7 Å². The molecule has 0 aliphatic heterocycles. The fourth-order valence-electron chi connectivity index (χ4n) is 2.19. The van der Waals surface area contributed by atoms with Crippen LogP contribution in [0.1, 0.15) is 16.2 Å². The highest BCUT2D eigenvalue weighted by Gasteiger charge is 2.18. The normalized spacial score (nSPS) is 10.9. The summed E-state index contributed by atoms with van der Waals surface area (Å²) in [5.41, 5.74) is 1.95. The highest BCUT2D eigenvalue weighted by atomic mass is 35.5. The van der Waals surface area contributed by atoms with Gasteiger partial charge in [-0.2, -0.15) is 0 Å². The first-order valence-corrected chi connectivity index (χ1v) is 6.77. The van der Waals surface area contributed by atoms with E-state index in [-0.39, 0.29) is 5.91 Å². The number of hydrogen-bond donors (Lipinski definition) is 0. The molecule has 0 fully saturated rings. The fourth-order valence-corrected chi connectivity index (χ4v) is 2.68. The van der Waals surface area contributed by atoms with Crippen LogP contribution in [-0.2, 0) is 0 Å². The molecule has 0 unspecified atom stereocenters. The lowest BCUT2D eigenvalue weighted by molar-refractivity contribution is 0.0962. The second kappa shape index (κ2) is 4.93. The van der Waals surface area contributed by atoms with E-state index in [2.05, 4.69) is 4.98 Å². The number of benzene rings is 2. The molecule has 0 aliphatic carbocycles. The number of para-hydroxylation sites is 2. The molecule has 1 aromatic heterocycles. The van der Waals surface area contributed by atoms with Crippen molar-refractivity contribution in [2.24, 2.45) is 0 Å². The van der Waals surface area contributed by atoms with Crippen molar-refractivity contribution >= 4 is 40.1 Å². The quantitative estimate of drug-likeness (QED) is 0.670. The van der Waals surface area contributed by atoms with Gasteiger partial charge in [0.05, 0.1) is 21.6 Å². The summed E-state index contributed by atoms with van der Waals surface area (Å²) in [6.07, 6.45) is 0. The van der Waals surface area contributed by atoms with E-state index in [4.69, 9.17) is 23.2 Å². The van der Waals surface area contributed by atoms with Crippen LogP contribution in [0.25, 0.3) is 11.0 Å². The summed E-state index contributed by atoms with van der Waals surface area (Å²) < 4.78 is 1.56. The van der Waals surface area contributed by atoms with Gasteiger partial charge in [-0.05, 0) is 37.3 Å². The average molecular weight is 305 g/mol. The van der Waals surface area contributed by atoms with Crippen molar-refractivity contribution in [3.8, 4) is 0 Å². The summed E-state index contributed by atoms with van der Waals surface area (Å²) in [4.78, 5) is 17.0. The number of imidazole rings is 1. The van der Waals surface area contributed by atoms with Gasteiger partial charge in [0.15, 0.2) is 0 Å². The van der Waals surface area contributed by atoms with E-state index in [1.165, 1.54) is 0 Å². The highest BCUT2D eigenvalue weighted by molar-refractivity contribution is 6.36. The standard InChI is InChI=1S/C15H10Cl2N2O/c1-9-18-13-4-2-3-5-14(13)19(9)15(20)11-7-6-10(16)8-12(11)17/h2-8H,1H3. The molecule has 3 rings (SSSR count). The lowest BCUT2D eigenvalue weighted by Gasteiger charge is -2.07. The van der Waals surface area contributed by atoms with Crippen LogP contribution < -0.4 is 0 Å². The molecule has 5 heteroatoms. The van der Waals surface area contributed by atoms with E-state index in [0.29, 0.717) is 21.4 Å². The van der Waals surface area contributed by atoms with Gasteiger partial charge < -0.3 is 0 Å². The molecule has 0 saturated heterocycles. The molecule has 0 N–H and O–H groups in total. The van der Waals surface area contributed by atoms with E-state index >= 15 is 0 Å². The van der Waals surface area contributed by atoms with Crippen molar-refractivity contribution < 1.29 is 4.79 Å². The predicted molar refractivity (Wildman–Crippen MR) is 80.7 cm³/mol. The lowest BCUT2D eigenvalue weighted by atomic mass is 10.2. The van der Waals surface area contributed by atoms with Crippen LogP contribution in [0.2, 0.25) is 10.0 Å². The zero-order chi connectivity index (χ0) is 14.3. The maximum absolute atomic E-state index is 12.7. The zero-order valence-electron chi connectivity index (χ0n) is 10.6. The van der Waals surface area contributed by atoms with Crippen molar-refractivity contribution in [1.29, 1.82) is 0 Å². The van der Waals surface area contributed by atoms with Gasteiger partial charge in [-0.1, -0.05) is 35.3 Å². The molecule has 100 valence electrons. The van der Waals surface area contributed by atoms with E-state index in [0.717, 1.165) is 11.0 Å². The molecule has 2 aromatic carbocycles. The number of aryl methyl sites for hydroxylation is 1. The first kappa shape index (κ1) is 13.2. The van der Waals surface area contributed by atoms with Crippen LogP contribution in [0, 0.1) is 6.92 Å². The first-order valence-electron chi connectivity index (χ1n) is 6.02. The molecular weight excluding hydrogens is 295 g/mol. The number of rotatable bonds is 1. The molecule has 20 heavy (non-hydrogen) atoms. The molecule has 0 aliphatic rings. The number of aromatic nitrogens is 2. The Balaban J connectivity index is 2.20. The van der Waals surface area contributed by atoms with Crippen LogP contribution in [0.3, 0.4) is 0 Å². The SMILES string of the molecule is Cc1nc2ccccc2n1C(=O)c1ccc(Cl)cc1Cl. The molecule has 0 radical (unpaired) electrons. The van der Waals surface area contributed by atoms with Gasteiger partial charge >= 0.3 is 0 Å². The van der Waals surface area contributed by atoms with Gasteiger partial charge in [-0.3, -0.25) is 9.36 Å². The Kier molecular flexibility index (Phi) is 3.24. The second-order valence-corrected chi connectivity index (χ2v) is 5.26. The van der Waals surface area contributed by atoms with Crippen LogP contribution in [0.15, 0.2) is 42.5 Å². The van der Waals surface area contributed by atoms with Crippen molar-refractivity contribution in [2.75, 3.05) is 0 Å². The Bertz CT molecular complexity index is 824. The minimum Gasteiger partial charge on any atom is -0.268 e. The molecule has 0 saturated carbocycles. The third-order valence-electron chi connectivity index (χ3n) is 3.09. The third kappa shape index (κ3) is 2.09. The van der Waals surface area contributed by atoms with Crippen LogP contribution >= 0.6 is 23.2 Å². The minimum absolute atomic E-state index is 0.210. The summed E-state index contributed by atoms with van der Waals surface area (Å²) >= 11 is 12.0. The summed E-state index contributed by atoms with van der Waals surface area (Å²) in [5, 5.41) is 0.832. The zero-order valence-corrected chi connectivity index (χ0v) is 12.1. The average Bonchev–Trinajstić information content (AvgIpc) is 2.73. The molecule has 0 amide bonds. The third-order valence-corrected chi connectivity index (χ3v) is 3.64. The molecule has 0 atom stereocenters. The number of carbonyl (C=O) groups is 1. The topological polar surface area (TPSA) is 34.9 Å². The molecule has 1 heterocycles. The summed E-state index contributed by atoms with van der Waals surface area (Å²) in [6.45, 7) is 1.79. The van der Waals surface area contributed by atoms with Gasteiger partial charge in [0, 0.05) is 5.02 Å². The number of hydrogen-bond acceptors (Lipinski definition) is 2. The fraction of sp³-hybridized carbons (Fsp3) is 0.0667. The van der Waals surface area contributed by atoms with E-state index in [1.807, 2.05) is 24.3 Å². The molecule has 3 aromatic rings. The Labute approximate surface area is 125 Å². The number of fused-ring (bicyclic) bond motifs is 1. The van der Waals surface area contributed by atoms with Gasteiger partial charge in [0.25, 0.3) is 5.91 Å². The van der Waals surface area contributed by atoms with Crippen molar-refractivity contribution in [3.05, 3.63) is 63.9 Å².